The van der Waals surface area contributed by atoms with Crippen molar-refractivity contribution in [3.63, 3.8) is 0 Å². The lowest BCUT2D eigenvalue weighted by Crippen LogP contribution is -3.00. The smallest absolute Gasteiger partial charge is 0.283 e. The van der Waals surface area contributed by atoms with Gasteiger partial charge in [0.05, 0.1) is 14.1 Å². The highest BCUT2D eigenvalue weighted by molar-refractivity contribution is 7.50. The highest BCUT2D eigenvalue weighted by atomic mass is 35.7. The molecule has 0 heterocycles. The van der Waals surface area contributed by atoms with Crippen LogP contribution in [-0.2, 0) is 0 Å². The minimum Gasteiger partial charge on any atom is -0.307 e. The van der Waals surface area contributed by atoms with E-state index in [1.165, 1.54) is 10.6 Å². The SMILES string of the molecule is C[NH+](C)c1ccccc1.C[Si](Cl)(Cl)c1c(F)c(F)c([B-](c2c(F)c(F)c(F)c(F)c2F)(c2c(F)c(F)c(F)c(F)c2F)c2c(F)c(F)c(F)c(F)c2F)c(F)c1F. The Morgan fingerprint density at radius 2 is 0.579 bits per heavy atom. The second kappa shape index (κ2) is 16.1. The second-order valence-corrected chi connectivity index (χ2v) is 19.5. The predicted octanol–water partition coefficient (Wildman–Crippen LogP) is 6.93. The van der Waals surface area contributed by atoms with Crippen molar-refractivity contribution in [2.45, 2.75) is 6.55 Å². The summed E-state index contributed by atoms with van der Waals surface area (Å²) < 4.78 is 286. The maximum atomic E-state index is 16.0. The number of hydrogen-bond donors (Lipinski definition) is 1. The largest absolute Gasteiger partial charge is 0.307 e. The molecule has 0 bridgehead atoms. The summed E-state index contributed by atoms with van der Waals surface area (Å²) in [6.07, 6.45) is -7.16. The van der Waals surface area contributed by atoms with Gasteiger partial charge < -0.3 is 4.90 Å². The van der Waals surface area contributed by atoms with E-state index in [9.17, 15) is 39.5 Å². The zero-order chi connectivity index (χ0) is 43.5. The van der Waals surface area contributed by atoms with Crippen molar-refractivity contribution in [3.8, 4) is 0 Å². The first-order valence-electron chi connectivity index (χ1n) is 15.0. The summed E-state index contributed by atoms with van der Waals surface area (Å²) in [6.45, 7) is -4.41. The van der Waals surface area contributed by atoms with Gasteiger partial charge >= 0.3 is 0 Å². The number of rotatable bonds is 6. The van der Waals surface area contributed by atoms with Gasteiger partial charge in [-0.25, -0.2) is 83.4 Å². The lowest BCUT2D eigenvalue weighted by molar-refractivity contribution is -0.786. The average molecular weight is 896 g/mol. The van der Waals surface area contributed by atoms with Gasteiger partial charge in [0, 0.05) is 5.19 Å². The number of hydrogen-bond acceptors (Lipinski definition) is 0. The van der Waals surface area contributed by atoms with Gasteiger partial charge in [-0.05, 0) is 18.7 Å². The van der Waals surface area contributed by atoms with Crippen LogP contribution >= 0.6 is 22.2 Å². The molecule has 5 aromatic carbocycles. The van der Waals surface area contributed by atoms with Crippen LogP contribution in [0.15, 0.2) is 30.3 Å². The molecule has 24 heteroatoms. The Hall–Kier alpha value is -4.41. The Balaban J connectivity index is 0.000000702. The van der Waals surface area contributed by atoms with Gasteiger partial charge in [-0.3, -0.25) is 0 Å². The Kier molecular flexibility index (Phi) is 12.8. The van der Waals surface area contributed by atoms with Crippen LogP contribution < -0.4 is 31.9 Å². The molecule has 0 aromatic heterocycles. The van der Waals surface area contributed by atoms with Crippen molar-refractivity contribution in [2.24, 2.45) is 0 Å². The van der Waals surface area contributed by atoms with E-state index in [2.05, 4.69) is 38.4 Å². The Labute approximate surface area is 317 Å². The highest BCUT2D eigenvalue weighted by Crippen LogP contribution is 2.31. The van der Waals surface area contributed by atoms with E-state index in [1.807, 2.05) is 6.07 Å². The fraction of sp³-hybridized carbons (Fsp3) is 0.0909. The van der Waals surface area contributed by atoms with Crippen LogP contribution in [0.1, 0.15) is 0 Å². The van der Waals surface area contributed by atoms with Crippen molar-refractivity contribution in [2.75, 3.05) is 14.1 Å². The number of benzene rings is 5. The topological polar surface area (TPSA) is 4.44 Å². The summed E-state index contributed by atoms with van der Waals surface area (Å²) in [5, 5.41) is -2.10. The summed E-state index contributed by atoms with van der Waals surface area (Å²) in [6, 6.07) is 10.4. The zero-order valence-corrected chi connectivity index (χ0v) is 30.4. The number of quaternary nitrogens is 1. The van der Waals surface area contributed by atoms with E-state index in [0.29, 0.717) is 6.55 Å². The fourth-order valence-electron chi connectivity index (χ4n) is 6.06. The highest BCUT2D eigenvalue weighted by Gasteiger charge is 2.53. The summed E-state index contributed by atoms with van der Waals surface area (Å²) in [5.41, 5.74) is -12.6. The van der Waals surface area contributed by atoms with Crippen LogP contribution in [0.2, 0.25) is 6.55 Å². The van der Waals surface area contributed by atoms with Crippen LogP contribution in [0.25, 0.3) is 0 Å². The van der Waals surface area contributed by atoms with Crippen molar-refractivity contribution >= 4 is 67.7 Å². The van der Waals surface area contributed by atoms with Crippen LogP contribution in [0.5, 0.6) is 0 Å². The maximum Gasteiger partial charge on any atom is 0.283 e. The van der Waals surface area contributed by atoms with Gasteiger partial charge in [0.15, 0.2) is 64.0 Å². The molecule has 306 valence electrons. The first-order valence-corrected chi connectivity index (χ1v) is 19.6. The molecule has 0 aliphatic carbocycles. The Morgan fingerprint density at radius 1 is 0.368 bits per heavy atom. The van der Waals surface area contributed by atoms with Crippen molar-refractivity contribution in [1.82, 2.24) is 0 Å². The lowest BCUT2D eigenvalue weighted by Gasteiger charge is -2.45. The first-order chi connectivity index (χ1) is 26.2. The summed E-state index contributed by atoms with van der Waals surface area (Å²) in [5.74, 6) is -66.0. The van der Waals surface area contributed by atoms with Crippen LogP contribution in [0.4, 0.5) is 89.1 Å². The Bertz CT molecular complexity index is 2160. The molecule has 0 atom stereocenters. The molecular formula is C33H15BCl2F19NSi. The van der Waals surface area contributed by atoms with Crippen LogP contribution in [0.3, 0.4) is 0 Å². The minimum atomic E-state index is -7.16. The van der Waals surface area contributed by atoms with Crippen LogP contribution in [-0.4, -0.2) is 26.9 Å². The molecule has 1 N–H and O–H groups in total. The number of halogens is 21. The molecule has 0 spiro atoms. The molecule has 0 radical (unpaired) electrons. The molecule has 0 amide bonds. The quantitative estimate of drug-likeness (QED) is 0.0621. The number of nitrogens with one attached hydrogen (secondary N) is 1. The molecule has 0 fully saturated rings. The fourth-order valence-corrected chi connectivity index (χ4v) is 8.04. The van der Waals surface area contributed by atoms with E-state index in [0.717, 1.165) is 0 Å². The van der Waals surface area contributed by atoms with Crippen molar-refractivity contribution in [1.29, 1.82) is 0 Å². The van der Waals surface area contributed by atoms with E-state index in [1.54, 1.807) is 0 Å². The van der Waals surface area contributed by atoms with Gasteiger partial charge in [0.25, 0.3) is 6.69 Å². The molecule has 5 rings (SSSR count). The second-order valence-electron chi connectivity index (χ2n) is 12.1. The normalized spacial score (nSPS) is 12.0. The summed E-state index contributed by atoms with van der Waals surface area (Å²) in [4.78, 5) is 1.37. The molecule has 1 nitrogen and oxygen atoms in total. The molecule has 0 aliphatic rings. The standard InChI is InChI=1S/C25H3BCl2F19Si.C8H11N/c1-48(27,28)25-23(46)12(35)5(13(36)24(25)47)26(2-6(29)14(37)20(43)15(38)7(2)30,3-8(31)16(39)21(44)17(40)9(3)32)4-10(33)18(41)22(45)19(42)11(4)34;1-9(2)8-6-4-3-5-7-8/h1H3;3-7H,1-2H3/q-1;/p+1. The molecule has 0 unspecified atom stereocenters. The van der Waals surface area contributed by atoms with E-state index < -0.39 is 150 Å². The predicted molar refractivity (Wildman–Crippen MR) is 171 cm³/mol. The molecule has 0 saturated heterocycles. The average Bonchev–Trinajstić information content (AvgIpc) is 3.15. The minimum absolute atomic E-state index is 0.465. The molecule has 0 aliphatic heterocycles. The molecule has 57 heavy (non-hydrogen) atoms. The third-order valence-corrected chi connectivity index (χ3v) is 11.0. The molecular weight excluding hydrogens is 881 g/mol. The van der Waals surface area contributed by atoms with Gasteiger partial charge in [-0.2, -0.15) is 0 Å². The van der Waals surface area contributed by atoms with Crippen molar-refractivity contribution in [3.05, 3.63) is 141 Å². The van der Waals surface area contributed by atoms with Gasteiger partial charge in [0.2, 0.25) is 0 Å². The number of para-hydroxylation sites is 1. The zero-order valence-electron chi connectivity index (χ0n) is 27.9. The lowest BCUT2D eigenvalue weighted by atomic mass is 9.12. The van der Waals surface area contributed by atoms with Gasteiger partial charge in [-0.1, -0.05) is 18.2 Å². The maximum absolute atomic E-state index is 16.0. The third-order valence-electron chi connectivity index (χ3n) is 8.55. The monoisotopic (exact) mass is 895 g/mol. The van der Waals surface area contributed by atoms with Gasteiger partial charge in [-0.15, -0.1) is 44.0 Å². The molecule has 0 saturated carbocycles. The third kappa shape index (κ3) is 7.11. The van der Waals surface area contributed by atoms with Crippen molar-refractivity contribution < 1.29 is 88.3 Å². The van der Waals surface area contributed by atoms with E-state index >= 15 is 43.9 Å². The molecule has 5 aromatic rings. The Morgan fingerprint density at radius 3 is 0.772 bits per heavy atom. The summed E-state index contributed by atoms with van der Waals surface area (Å²) >= 11 is 11.1. The van der Waals surface area contributed by atoms with Gasteiger partial charge in [0.1, 0.15) is 58.4 Å². The van der Waals surface area contributed by atoms with E-state index in [-0.39, 0.29) is 0 Å². The first kappa shape index (κ1) is 45.3. The van der Waals surface area contributed by atoms with E-state index in [4.69, 9.17) is 22.2 Å². The van der Waals surface area contributed by atoms with Crippen LogP contribution in [0, 0.1) is 111 Å². The summed E-state index contributed by atoms with van der Waals surface area (Å²) in [7, 11) is 4.24.